The van der Waals surface area contributed by atoms with Gasteiger partial charge in [0.2, 0.25) is 11.1 Å². The summed E-state index contributed by atoms with van der Waals surface area (Å²) in [5.41, 5.74) is 18.1. The number of nitrogen functional groups attached to an aromatic ring is 2. The third-order valence-corrected chi connectivity index (χ3v) is 27.0. The second kappa shape index (κ2) is 45.2. The van der Waals surface area contributed by atoms with E-state index >= 15 is 0 Å². The number of hydrogen-bond acceptors (Lipinski definition) is 20. The van der Waals surface area contributed by atoms with Gasteiger partial charge in [-0.1, -0.05) is 127 Å². The molecule has 1 unspecified atom stereocenters. The van der Waals surface area contributed by atoms with Crippen LogP contribution in [0.5, 0.6) is 11.5 Å². The normalized spacial score (nSPS) is 16.0. The third kappa shape index (κ3) is 27.6. The molecular weight excluding hydrogens is 1860 g/mol. The predicted octanol–water partition coefficient (Wildman–Crippen LogP) is 19.6. The number of benzene rings is 7. The van der Waals surface area contributed by atoms with E-state index in [0.717, 1.165) is 136 Å². The highest BCUT2D eigenvalue weighted by Crippen LogP contribution is 2.45. The molecule has 2 aromatic heterocycles. The molecule has 2 saturated heterocycles. The van der Waals surface area contributed by atoms with Crippen molar-refractivity contribution >= 4 is 164 Å². The minimum Gasteiger partial charge on any atom is -0.496 e. The first-order chi connectivity index (χ1) is 54.6. The number of hydrogen-bond donors (Lipinski definition) is 9. The number of para-hydroxylation sites is 3. The van der Waals surface area contributed by atoms with Gasteiger partial charge in [0, 0.05) is 78.8 Å². The highest BCUT2D eigenvalue weighted by Gasteiger charge is 2.38. The van der Waals surface area contributed by atoms with Gasteiger partial charge in [-0.15, -0.1) is 12.4 Å². The molecule has 0 radical (unpaired) electrons. The smallest absolute Gasteiger partial charge is 0.346 e. The van der Waals surface area contributed by atoms with Gasteiger partial charge in [-0.3, -0.25) is 4.79 Å². The van der Waals surface area contributed by atoms with Crippen molar-refractivity contribution < 1.29 is 75.4 Å². The summed E-state index contributed by atoms with van der Waals surface area (Å²) in [5.74, 6) is 1.98. The van der Waals surface area contributed by atoms with E-state index in [1.54, 1.807) is 20.3 Å². The largest absolute Gasteiger partial charge is 0.496 e. The number of aliphatic imine (C=N–C) groups is 1. The Labute approximate surface area is 727 Å². The topological polar surface area (TPSA) is 393 Å². The lowest BCUT2D eigenvalue weighted by Gasteiger charge is -2.35. The zero-order chi connectivity index (χ0) is 83.8. The summed E-state index contributed by atoms with van der Waals surface area (Å²) in [5, 5.41) is 34.3. The van der Waals surface area contributed by atoms with Crippen molar-refractivity contribution in [2.24, 2.45) is 22.6 Å². The fourth-order valence-corrected chi connectivity index (χ4v) is 15.3. The van der Waals surface area contributed by atoms with Gasteiger partial charge in [0.15, 0.2) is 26.2 Å². The number of aromatic carboxylic acids is 2. The van der Waals surface area contributed by atoms with E-state index in [4.69, 9.17) is 62.3 Å². The Morgan fingerprint density at radius 3 is 1.59 bits per heavy atom. The average Bonchev–Trinajstić information content (AvgIpc) is 1.16. The number of carboxylic acids is 2. The van der Waals surface area contributed by atoms with Gasteiger partial charge in [0.1, 0.15) is 57.5 Å². The van der Waals surface area contributed by atoms with Crippen LogP contribution in [0.4, 0.5) is 44.8 Å². The Hall–Kier alpha value is -7.77. The van der Waals surface area contributed by atoms with Crippen LogP contribution in [-0.2, 0) is 9.22 Å². The quantitative estimate of drug-likeness (QED) is 0.0211. The molecule has 5 heterocycles. The van der Waals surface area contributed by atoms with Gasteiger partial charge < -0.3 is 78.0 Å². The average molecular weight is 1960 g/mol. The number of carbonyl (C=O) groups excluding carboxylic acids is 1. The summed E-state index contributed by atoms with van der Waals surface area (Å²) in [6, 6.07) is 32.0. The van der Waals surface area contributed by atoms with E-state index in [0.29, 0.717) is 83.8 Å². The number of piperidine rings is 2. The first kappa shape index (κ1) is 99.0. The number of rotatable bonds is 14. The van der Waals surface area contributed by atoms with E-state index in [2.05, 4.69) is 158 Å². The summed E-state index contributed by atoms with van der Waals surface area (Å²) in [7, 11) is 1.97. The number of carbonyl (C=O) groups is 3. The van der Waals surface area contributed by atoms with E-state index in [1.807, 2.05) is 24.3 Å². The minimum absolute atomic E-state index is 0. The molecule has 23 nitrogen and oxygen atoms in total. The molecule has 16 N–H and O–H groups in total. The SMILES string of the molecule is CC(C)(C)[Si](C)(C)OCCN.COc1ccccc1C1CCN(c2nc(C3CC3)nc3c(F)cc(Br)cc23)CC1.COc1ccccc1C1CCNCC1.Cl.N.Nc1c(F)cc(Br)cc1C(=O)O.Nc1c(F)cccc1C(=O)O.O.O=C(Cl)C1CC1.O=c1oc(C2CC2)nc2c(F)cc(Br)cc12.OC1N=C(C2CC2)Nc2c(F)cc(Br)cc21. The van der Waals surface area contributed by atoms with Crippen molar-refractivity contribution in [1.82, 2.24) is 26.4 Å². The van der Waals surface area contributed by atoms with Crippen LogP contribution in [0.2, 0.25) is 18.1 Å². The lowest BCUT2D eigenvalue weighted by molar-refractivity contribution is -0.112. The van der Waals surface area contributed by atoms with Crippen molar-refractivity contribution in [2.75, 3.05) is 75.2 Å². The van der Waals surface area contributed by atoms with E-state index < -0.39 is 49.6 Å². The van der Waals surface area contributed by atoms with Crippen LogP contribution in [0, 0.1) is 40.9 Å². The van der Waals surface area contributed by atoms with Crippen LogP contribution in [0.15, 0.2) is 147 Å². The number of carboxylic acid groups (broad SMARTS) is 2. The van der Waals surface area contributed by atoms with Crippen molar-refractivity contribution in [3.05, 3.63) is 212 Å². The van der Waals surface area contributed by atoms with Crippen LogP contribution >= 0.6 is 87.7 Å². The molecule has 35 heteroatoms. The number of nitrogens with zero attached hydrogens (tertiary/aromatic N) is 5. The van der Waals surface area contributed by atoms with Crippen LogP contribution < -0.4 is 54.0 Å². The molecule has 0 bridgehead atoms. The number of nitrogens with two attached hydrogens (primary N) is 3. The first-order valence-corrected chi connectivity index (χ1v) is 44.1. The van der Waals surface area contributed by atoms with E-state index in [9.17, 15) is 46.2 Å². The van der Waals surface area contributed by atoms with Gasteiger partial charge in [0.05, 0.1) is 47.8 Å². The Bertz CT molecular complexity index is 5040. The molecule has 7 aliphatic rings. The highest BCUT2D eigenvalue weighted by molar-refractivity contribution is 9.11. The van der Waals surface area contributed by atoms with E-state index in [-0.39, 0.29) is 86.2 Å². The fraction of sp³-hybridized carbons (Fsp3) is 0.398. The van der Waals surface area contributed by atoms with Gasteiger partial charge in [-0.25, -0.2) is 56.3 Å². The van der Waals surface area contributed by atoms with Crippen LogP contribution in [0.1, 0.15) is 177 Å². The van der Waals surface area contributed by atoms with Crippen LogP contribution in [0.25, 0.3) is 21.8 Å². The zero-order valence-electron chi connectivity index (χ0n) is 66.2. The Balaban J connectivity index is 0.000000216. The van der Waals surface area contributed by atoms with Gasteiger partial charge in [0.25, 0.3) is 0 Å². The lowest BCUT2D eigenvalue weighted by atomic mass is 9.88. The summed E-state index contributed by atoms with van der Waals surface area (Å²) in [4.78, 5) is 62.4. The molecule has 16 rings (SSSR count). The number of anilines is 4. The molecule has 7 aromatic carbocycles. The summed E-state index contributed by atoms with van der Waals surface area (Å²) in [6.45, 7) is 16.5. The van der Waals surface area contributed by atoms with Gasteiger partial charge in [-0.05, 0) is 216 Å². The molecule has 3 aliphatic heterocycles. The number of amidine groups is 1. The zero-order valence-corrected chi connectivity index (χ0v) is 75.1. The molecule has 640 valence electrons. The monoisotopic (exact) mass is 1950 g/mol. The molecule has 4 aliphatic carbocycles. The number of nitrogens with one attached hydrogen (secondary N) is 2. The predicted molar refractivity (Wildman–Crippen MR) is 472 cm³/mol. The van der Waals surface area contributed by atoms with Gasteiger partial charge in [-0.2, -0.15) is 0 Å². The molecule has 9 aromatic rings. The Kier molecular flexibility index (Phi) is 37.9. The third-order valence-electron chi connectivity index (χ3n) is 20.3. The molecule has 0 spiro atoms. The van der Waals surface area contributed by atoms with Crippen LogP contribution in [0.3, 0.4) is 0 Å². The Morgan fingerprint density at radius 2 is 1.10 bits per heavy atom. The molecule has 4 saturated carbocycles. The molecular formula is C83H100Br4Cl2F5N11O12Si. The number of ether oxygens (including phenoxy) is 2. The molecule has 1 atom stereocenters. The number of aliphatic hydroxyl groups excluding tert-OH is 1. The fourth-order valence-electron chi connectivity index (χ4n) is 12.3. The second-order valence-corrected chi connectivity index (χ2v) is 38.8. The Morgan fingerprint density at radius 1 is 0.610 bits per heavy atom. The summed E-state index contributed by atoms with van der Waals surface area (Å²) < 4.78 is 91.3. The number of aliphatic hydroxyl groups is 1. The highest BCUT2D eigenvalue weighted by atomic mass is 79.9. The number of methoxy groups -OCH3 is 2. The number of aromatic nitrogens is 3. The summed E-state index contributed by atoms with van der Waals surface area (Å²) >= 11 is 17.7. The van der Waals surface area contributed by atoms with Crippen LogP contribution in [-0.4, -0.2) is 121 Å². The van der Waals surface area contributed by atoms with Crippen molar-refractivity contribution in [2.45, 2.75) is 146 Å². The van der Waals surface area contributed by atoms with Crippen molar-refractivity contribution in [1.29, 1.82) is 0 Å². The maximum absolute atomic E-state index is 14.7. The van der Waals surface area contributed by atoms with Crippen molar-refractivity contribution in [3.63, 3.8) is 0 Å². The standard InChI is InChI=1S/C23H23BrFN3O.C12H17NO.C11H10BrFN2O.C11H7BrFNO2.C8H21NOSi.C7H5BrFNO2.C7H6FNO2.C4H5ClO.ClH.H3N.H2O/c1-29-20-5-3-2-4-17(20)14-8-10-28(11-9-14)23-18-12-16(24)13-19(25)21(18)26-22(27-23)15-6-7-15;1-14-12-5-3-2-4-11(12)10-6-8-13-9-7-10;12-6-3-7-9(8(13)4-6)14-10(5-1-2-5)15-11(7)16;12-6-3-7-9(8(13)4-6)14-10(5-1-2-5)16-11(7)15;1-8(2,3)11(4,5)10-7-6-9;8-3-1-4(7(11)12)6(10)5(9)2-3;8-5-3-1-2-4(6(5)9)7(10)11;5-4(6)3-1-2-3;;;/h2-5,12-15H,6-11H2,1H3;2-5,10,13H,6-9H2,1H3;3-5,11,16H,1-2H2,(H,14,15);3-5H,1-2H2;6-7,9H2,1-5H3;1-2H,10H2,(H,11,12);1-3H,9H2,(H,10,11);3H,1-2H2;1H;1H3;1H2. The van der Waals surface area contributed by atoms with Gasteiger partial charge >= 0.3 is 17.6 Å². The number of halogens is 11. The summed E-state index contributed by atoms with van der Waals surface area (Å²) in [6.07, 6.45) is 11.8. The number of fused-ring (bicyclic) bond motifs is 3. The lowest BCUT2D eigenvalue weighted by Crippen LogP contribution is -2.41. The van der Waals surface area contributed by atoms with E-state index in [1.165, 1.54) is 66.4 Å². The second-order valence-electron chi connectivity index (χ2n) is 29.9. The first-order valence-electron chi connectivity index (χ1n) is 37.6. The minimum atomic E-state index is -1.51. The molecule has 0 amide bonds. The molecule has 6 fully saturated rings. The molecule has 118 heavy (non-hydrogen) atoms. The maximum Gasteiger partial charge on any atom is 0.346 e. The maximum atomic E-state index is 14.7. The van der Waals surface area contributed by atoms with Crippen molar-refractivity contribution in [3.8, 4) is 11.5 Å².